The van der Waals surface area contributed by atoms with E-state index in [0.717, 1.165) is 6.54 Å². The van der Waals surface area contributed by atoms with Crippen molar-refractivity contribution in [2.75, 3.05) is 6.54 Å². The predicted molar refractivity (Wildman–Crippen MR) is 118 cm³/mol. The summed E-state index contributed by atoms with van der Waals surface area (Å²) in [5.41, 5.74) is 0.0846. The van der Waals surface area contributed by atoms with E-state index in [-0.39, 0.29) is 5.54 Å². The summed E-state index contributed by atoms with van der Waals surface area (Å²) in [6.45, 7) is 5.56. The van der Waals surface area contributed by atoms with E-state index in [2.05, 4.69) is 114 Å². The van der Waals surface area contributed by atoms with Crippen molar-refractivity contribution in [2.45, 2.75) is 19.4 Å². The van der Waals surface area contributed by atoms with Crippen LogP contribution in [0, 0.1) is 0 Å². The Morgan fingerprint density at radius 2 is 1.12 bits per heavy atom. The van der Waals surface area contributed by atoms with Crippen LogP contribution in [0.2, 0.25) is 0 Å². The molecule has 4 heteroatoms. The molecule has 0 aliphatic carbocycles. The van der Waals surface area contributed by atoms with E-state index >= 15 is 0 Å². The summed E-state index contributed by atoms with van der Waals surface area (Å²) in [4.78, 5) is 0. The maximum atomic E-state index is 3.64. The average molecular weight is 380 g/mol. The summed E-state index contributed by atoms with van der Waals surface area (Å²) in [7, 11) is -2.35. The SMILES string of the molecule is CC1(C)CN([PH](c2ccccc2)(c2ccccc2)c2ccccc2)SN1. The van der Waals surface area contributed by atoms with Crippen LogP contribution in [-0.2, 0) is 0 Å². The molecule has 26 heavy (non-hydrogen) atoms. The monoisotopic (exact) mass is 380 g/mol. The van der Waals surface area contributed by atoms with E-state index in [0.29, 0.717) is 0 Å². The summed E-state index contributed by atoms with van der Waals surface area (Å²) in [5, 5.41) is 4.26. The van der Waals surface area contributed by atoms with Crippen LogP contribution < -0.4 is 20.6 Å². The molecule has 1 aliphatic rings. The molecular weight excluding hydrogens is 355 g/mol. The second-order valence-corrected chi connectivity index (χ2v) is 12.3. The number of benzene rings is 3. The number of hydrogen-bond donors (Lipinski definition) is 1. The minimum atomic E-state index is -2.35. The molecule has 134 valence electrons. The quantitative estimate of drug-likeness (QED) is 0.546. The van der Waals surface area contributed by atoms with Crippen LogP contribution in [-0.4, -0.2) is 16.2 Å². The molecule has 0 atom stereocenters. The van der Waals surface area contributed by atoms with E-state index in [1.54, 1.807) is 12.1 Å². The van der Waals surface area contributed by atoms with E-state index in [1.165, 1.54) is 15.9 Å². The number of nitrogens with one attached hydrogen (secondary N) is 1. The molecule has 1 saturated heterocycles. The Kier molecular flexibility index (Phi) is 4.90. The Hall–Kier alpha value is -1.64. The molecule has 0 aromatic heterocycles. The summed E-state index contributed by atoms with van der Waals surface area (Å²) in [6, 6.07) is 33.2. The Morgan fingerprint density at radius 1 is 0.731 bits per heavy atom. The first-order valence-electron chi connectivity index (χ1n) is 9.01. The topological polar surface area (TPSA) is 15.3 Å². The number of rotatable bonds is 4. The third-order valence-electron chi connectivity index (χ3n) is 4.92. The van der Waals surface area contributed by atoms with E-state index in [9.17, 15) is 0 Å². The molecule has 1 aliphatic heterocycles. The molecule has 1 fully saturated rings. The van der Waals surface area contributed by atoms with Crippen molar-refractivity contribution in [3.63, 3.8) is 0 Å². The molecule has 0 unspecified atom stereocenters. The van der Waals surface area contributed by atoms with Gasteiger partial charge >= 0.3 is 161 Å². The van der Waals surface area contributed by atoms with Crippen LogP contribution in [0.3, 0.4) is 0 Å². The van der Waals surface area contributed by atoms with Gasteiger partial charge < -0.3 is 0 Å². The van der Waals surface area contributed by atoms with Gasteiger partial charge in [0.25, 0.3) is 0 Å². The molecule has 0 spiro atoms. The fraction of sp³-hybridized carbons (Fsp3) is 0.182. The Balaban J connectivity index is 2.01. The molecule has 0 saturated carbocycles. The Labute approximate surface area is 161 Å². The van der Waals surface area contributed by atoms with Crippen molar-refractivity contribution in [1.29, 1.82) is 0 Å². The number of nitrogens with zero attached hydrogens (tertiary/aromatic N) is 1. The summed E-state index contributed by atoms with van der Waals surface area (Å²) >= 11 is 1.79. The van der Waals surface area contributed by atoms with Gasteiger partial charge in [0.1, 0.15) is 0 Å². The Bertz CT molecular complexity index is 756. The van der Waals surface area contributed by atoms with Gasteiger partial charge in [0.15, 0.2) is 0 Å². The van der Waals surface area contributed by atoms with E-state index in [4.69, 9.17) is 0 Å². The van der Waals surface area contributed by atoms with Crippen molar-refractivity contribution >= 4 is 35.5 Å². The zero-order valence-electron chi connectivity index (χ0n) is 15.2. The van der Waals surface area contributed by atoms with Gasteiger partial charge in [-0.1, -0.05) is 0 Å². The molecule has 0 radical (unpaired) electrons. The minimum absolute atomic E-state index is 0.0846. The molecule has 2 nitrogen and oxygen atoms in total. The van der Waals surface area contributed by atoms with Crippen molar-refractivity contribution in [1.82, 2.24) is 8.80 Å². The molecule has 1 heterocycles. The predicted octanol–water partition coefficient (Wildman–Crippen LogP) is 3.87. The molecule has 0 amide bonds. The van der Waals surface area contributed by atoms with Gasteiger partial charge in [-0.3, -0.25) is 0 Å². The van der Waals surface area contributed by atoms with Gasteiger partial charge in [-0.15, -0.1) is 0 Å². The fourth-order valence-corrected chi connectivity index (χ4v) is 10.7. The van der Waals surface area contributed by atoms with Gasteiger partial charge in [0.05, 0.1) is 0 Å². The summed E-state index contributed by atoms with van der Waals surface area (Å²) in [6.07, 6.45) is 0. The van der Waals surface area contributed by atoms with Crippen molar-refractivity contribution in [3.05, 3.63) is 91.0 Å². The van der Waals surface area contributed by atoms with Crippen LogP contribution in [0.4, 0.5) is 0 Å². The molecule has 4 rings (SSSR count). The Morgan fingerprint density at radius 3 is 1.42 bits per heavy atom. The molecule has 3 aromatic carbocycles. The van der Waals surface area contributed by atoms with Crippen molar-refractivity contribution in [3.8, 4) is 0 Å². The van der Waals surface area contributed by atoms with Gasteiger partial charge in [-0.05, 0) is 0 Å². The standard InChI is InChI=1S/C22H25N2PS/c1-22(2)18-24(26-23-22)25(19-12-6-3-7-13-19,20-14-8-4-9-15-20)21-16-10-5-11-17-21/h3-17,23,25H,18H2,1-2H3. The van der Waals surface area contributed by atoms with Crippen LogP contribution in [0.25, 0.3) is 0 Å². The number of hydrogen-bond acceptors (Lipinski definition) is 3. The zero-order valence-corrected chi connectivity index (χ0v) is 17.0. The zero-order chi connectivity index (χ0) is 18.0. The van der Waals surface area contributed by atoms with Crippen LogP contribution in [0.5, 0.6) is 0 Å². The van der Waals surface area contributed by atoms with Crippen LogP contribution in [0.15, 0.2) is 91.0 Å². The molecule has 3 aromatic rings. The first-order chi connectivity index (χ1) is 12.6. The molecule has 1 N–H and O–H groups in total. The fourth-order valence-electron chi connectivity index (χ4n) is 3.76. The van der Waals surface area contributed by atoms with Crippen LogP contribution in [0.1, 0.15) is 13.8 Å². The van der Waals surface area contributed by atoms with Gasteiger partial charge in [0.2, 0.25) is 0 Å². The van der Waals surface area contributed by atoms with Gasteiger partial charge in [0, 0.05) is 0 Å². The van der Waals surface area contributed by atoms with Gasteiger partial charge in [-0.25, -0.2) is 0 Å². The third kappa shape index (κ3) is 3.10. The molecule has 0 bridgehead atoms. The average Bonchev–Trinajstić information content (AvgIpc) is 3.05. The molecular formula is C22H25N2PS. The van der Waals surface area contributed by atoms with E-state index in [1.807, 2.05) is 0 Å². The maximum absolute atomic E-state index is 3.64. The van der Waals surface area contributed by atoms with Crippen LogP contribution >= 0.6 is 19.5 Å². The van der Waals surface area contributed by atoms with E-state index < -0.39 is 7.41 Å². The first-order valence-corrected chi connectivity index (χ1v) is 11.7. The normalized spacial score (nSPS) is 17.9. The van der Waals surface area contributed by atoms with Crippen molar-refractivity contribution < 1.29 is 0 Å². The van der Waals surface area contributed by atoms with Gasteiger partial charge in [-0.2, -0.15) is 0 Å². The first kappa shape index (κ1) is 17.8. The second kappa shape index (κ2) is 7.17. The summed E-state index contributed by atoms with van der Waals surface area (Å²) < 4.78 is 6.27. The third-order valence-corrected chi connectivity index (χ3v) is 11.4. The second-order valence-electron chi connectivity index (χ2n) is 7.42. The summed E-state index contributed by atoms with van der Waals surface area (Å²) in [5.74, 6) is 0. The van der Waals surface area contributed by atoms with Crippen molar-refractivity contribution in [2.24, 2.45) is 0 Å².